The number of anilines is 2. The Bertz CT molecular complexity index is 2110. The Hall–Kier alpha value is -6.23. The lowest BCUT2D eigenvalue weighted by molar-refractivity contribution is -0.139. The first-order chi connectivity index (χ1) is 23.2. The molecule has 0 saturated heterocycles. The van der Waals surface area contributed by atoms with Gasteiger partial charge in [0.05, 0.1) is 36.2 Å². The highest BCUT2D eigenvalue weighted by molar-refractivity contribution is 5.78. The zero-order valence-electron chi connectivity index (χ0n) is 25.8. The number of carbonyl (C=O) groups is 1. The molecule has 0 fully saturated rings. The minimum Gasteiger partial charge on any atom is -0.481 e. The zero-order valence-corrected chi connectivity index (χ0v) is 25.8. The topological polar surface area (TPSA) is 150 Å². The van der Waals surface area contributed by atoms with Gasteiger partial charge in [-0.05, 0) is 70.5 Å². The normalized spacial score (nSPS) is 11.6. The molecule has 6 rings (SSSR count). The van der Waals surface area contributed by atoms with Crippen LogP contribution in [0.5, 0.6) is 5.75 Å². The van der Waals surface area contributed by atoms with Crippen molar-refractivity contribution in [2.75, 3.05) is 18.1 Å². The number of hydrogen-bond acceptors (Lipinski definition) is 8. The van der Waals surface area contributed by atoms with Crippen LogP contribution in [0, 0.1) is 11.6 Å². The molecule has 11 heteroatoms. The number of ether oxygens (including phenoxy) is 1. The Morgan fingerprint density at radius 3 is 1.94 bits per heavy atom. The van der Waals surface area contributed by atoms with E-state index in [1.54, 1.807) is 30.3 Å². The van der Waals surface area contributed by atoms with Crippen molar-refractivity contribution in [1.29, 1.82) is 0 Å². The van der Waals surface area contributed by atoms with Crippen molar-refractivity contribution in [2.45, 2.75) is 19.3 Å². The highest BCUT2D eigenvalue weighted by Crippen LogP contribution is 2.41. The van der Waals surface area contributed by atoms with E-state index in [0.717, 1.165) is 16.7 Å². The maximum Gasteiger partial charge on any atom is 0.341 e. The van der Waals surface area contributed by atoms with E-state index in [1.807, 2.05) is 43.3 Å². The van der Waals surface area contributed by atoms with Gasteiger partial charge in [-0.15, -0.1) is 0 Å². The SMILES string of the molecule is C[C@H](Cc1ccccc1-c1ccc(-c2cnc(N)cn2)c(F)c1)c1cccc(OCC(=O)O)c1-c1ccc(-c2cnc(N)cn2)c(F)c1. The van der Waals surface area contributed by atoms with Crippen molar-refractivity contribution in [3.63, 3.8) is 0 Å². The summed E-state index contributed by atoms with van der Waals surface area (Å²) in [5.41, 5.74) is 16.9. The van der Waals surface area contributed by atoms with E-state index < -0.39 is 24.2 Å². The van der Waals surface area contributed by atoms with Gasteiger partial charge in [-0.1, -0.05) is 55.5 Å². The van der Waals surface area contributed by atoms with Gasteiger partial charge in [-0.25, -0.2) is 23.5 Å². The van der Waals surface area contributed by atoms with E-state index in [0.29, 0.717) is 45.8 Å². The summed E-state index contributed by atoms with van der Waals surface area (Å²) in [6.45, 7) is 1.45. The highest BCUT2D eigenvalue weighted by atomic mass is 19.1. The predicted molar refractivity (Wildman–Crippen MR) is 180 cm³/mol. The van der Waals surface area contributed by atoms with Crippen molar-refractivity contribution >= 4 is 17.6 Å². The third-order valence-electron chi connectivity index (χ3n) is 7.92. The monoisotopic (exact) mass is 644 g/mol. The second-order valence-electron chi connectivity index (χ2n) is 11.2. The molecule has 2 heterocycles. The van der Waals surface area contributed by atoms with Crippen LogP contribution in [0.3, 0.4) is 0 Å². The second-order valence-corrected chi connectivity index (χ2v) is 11.2. The second kappa shape index (κ2) is 13.6. The summed E-state index contributed by atoms with van der Waals surface area (Å²) >= 11 is 0. The number of hydrogen-bond donors (Lipinski definition) is 3. The Morgan fingerprint density at radius 2 is 1.35 bits per heavy atom. The zero-order chi connectivity index (χ0) is 33.8. The molecular weight excluding hydrogens is 614 g/mol. The maximum atomic E-state index is 15.6. The molecule has 6 aromatic rings. The molecule has 0 bridgehead atoms. The number of nitrogen functional groups attached to an aromatic ring is 2. The molecule has 0 unspecified atom stereocenters. The summed E-state index contributed by atoms with van der Waals surface area (Å²) in [7, 11) is 0. The number of benzene rings is 4. The van der Waals surface area contributed by atoms with Crippen molar-refractivity contribution in [3.8, 4) is 50.5 Å². The third-order valence-corrected chi connectivity index (χ3v) is 7.92. The molecule has 0 aliphatic carbocycles. The molecule has 5 N–H and O–H groups in total. The minimum atomic E-state index is -1.14. The van der Waals surface area contributed by atoms with Crippen LogP contribution in [0.15, 0.2) is 104 Å². The number of nitrogens with zero attached hydrogens (tertiary/aromatic N) is 4. The molecule has 2 aromatic heterocycles. The van der Waals surface area contributed by atoms with Crippen LogP contribution < -0.4 is 16.2 Å². The van der Waals surface area contributed by atoms with Crippen LogP contribution in [-0.2, 0) is 11.2 Å². The summed E-state index contributed by atoms with van der Waals surface area (Å²) < 4.78 is 36.7. The molecule has 0 saturated carbocycles. The lowest BCUT2D eigenvalue weighted by atomic mass is 9.85. The fourth-order valence-electron chi connectivity index (χ4n) is 5.67. The number of aliphatic carboxylic acids is 1. The standard InChI is InChI=1S/C37H30F2N6O3/c1-21(13-22-5-2-3-6-26(22)23-9-11-27(29(38)14-23)31-16-44-34(40)18-42-31)25-7-4-8-33(48-20-36(46)47)37(25)24-10-12-28(30(39)15-24)32-17-45-35(41)19-43-32/h2-12,14-19,21H,13,20H2,1H3,(H2,40,44)(H2,41,45)(H,46,47)/t21-/m1/s1. The number of rotatable bonds is 10. The van der Waals surface area contributed by atoms with E-state index in [9.17, 15) is 9.90 Å². The van der Waals surface area contributed by atoms with Crippen molar-refractivity contribution in [1.82, 2.24) is 19.9 Å². The fraction of sp³-hybridized carbons (Fsp3) is 0.108. The molecule has 0 amide bonds. The Labute approximate surface area is 275 Å². The van der Waals surface area contributed by atoms with Gasteiger partial charge in [0, 0.05) is 16.7 Å². The first kappa shape index (κ1) is 31.7. The van der Waals surface area contributed by atoms with Gasteiger partial charge >= 0.3 is 5.97 Å². The average molecular weight is 645 g/mol. The van der Waals surface area contributed by atoms with E-state index in [2.05, 4.69) is 19.9 Å². The average Bonchev–Trinajstić information content (AvgIpc) is 3.08. The summed E-state index contributed by atoms with van der Waals surface area (Å²) in [5.74, 6) is -1.52. The van der Waals surface area contributed by atoms with Crippen LogP contribution in [0.4, 0.5) is 20.4 Å². The van der Waals surface area contributed by atoms with Crippen LogP contribution in [0.25, 0.3) is 44.8 Å². The maximum absolute atomic E-state index is 15.6. The Balaban J connectivity index is 1.36. The third kappa shape index (κ3) is 6.80. The minimum absolute atomic E-state index is 0.158. The molecule has 9 nitrogen and oxygen atoms in total. The fourth-order valence-corrected chi connectivity index (χ4v) is 5.67. The van der Waals surface area contributed by atoms with Gasteiger partial charge < -0.3 is 21.3 Å². The predicted octanol–water partition coefficient (Wildman–Crippen LogP) is 7.19. The van der Waals surface area contributed by atoms with Gasteiger partial charge in [0.25, 0.3) is 0 Å². The molecule has 0 aliphatic rings. The van der Waals surface area contributed by atoms with Gasteiger partial charge in [0.1, 0.15) is 29.0 Å². The molecule has 0 radical (unpaired) electrons. The van der Waals surface area contributed by atoms with Crippen LogP contribution in [0.2, 0.25) is 0 Å². The highest BCUT2D eigenvalue weighted by Gasteiger charge is 2.21. The van der Waals surface area contributed by atoms with Gasteiger partial charge in [0.2, 0.25) is 0 Å². The van der Waals surface area contributed by atoms with Gasteiger partial charge in [-0.3, -0.25) is 9.97 Å². The molecule has 0 spiro atoms. The molecule has 48 heavy (non-hydrogen) atoms. The number of carboxylic acid groups (broad SMARTS) is 1. The summed E-state index contributed by atoms with van der Waals surface area (Å²) in [6.07, 6.45) is 6.09. The van der Waals surface area contributed by atoms with E-state index in [-0.39, 0.29) is 23.1 Å². The van der Waals surface area contributed by atoms with Gasteiger partial charge in [0.15, 0.2) is 6.61 Å². The van der Waals surface area contributed by atoms with Crippen LogP contribution >= 0.6 is 0 Å². The molecule has 240 valence electrons. The van der Waals surface area contributed by atoms with Crippen molar-refractivity contribution in [2.24, 2.45) is 0 Å². The first-order valence-electron chi connectivity index (χ1n) is 15.0. The number of halogens is 2. The molecular formula is C37H30F2N6O3. The van der Waals surface area contributed by atoms with Crippen LogP contribution in [0.1, 0.15) is 24.0 Å². The number of carboxylic acids is 1. The van der Waals surface area contributed by atoms with E-state index in [4.69, 9.17) is 16.2 Å². The Kier molecular flexibility index (Phi) is 9.02. The van der Waals surface area contributed by atoms with E-state index >= 15 is 8.78 Å². The summed E-state index contributed by atoms with van der Waals surface area (Å²) in [4.78, 5) is 27.8. The van der Waals surface area contributed by atoms with Crippen LogP contribution in [-0.4, -0.2) is 37.6 Å². The number of nitrogens with two attached hydrogens (primary N) is 2. The number of aromatic nitrogens is 4. The largest absolute Gasteiger partial charge is 0.481 e. The Morgan fingerprint density at radius 1 is 0.750 bits per heavy atom. The molecule has 4 aromatic carbocycles. The lowest BCUT2D eigenvalue weighted by Gasteiger charge is -2.21. The quantitative estimate of drug-likeness (QED) is 0.141. The molecule has 0 aliphatic heterocycles. The molecule has 1 atom stereocenters. The smallest absolute Gasteiger partial charge is 0.341 e. The lowest BCUT2D eigenvalue weighted by Crippen LogP contribution is -2.11. The summed E-state index contributed by atoms with van der Waals surface area (Å²) in [5, 5.41) is 9.34. The summed E-state index contributed by atoms with van der Waals surface area (Å²) in [6, 6.07) is 22.8. The first-order valence-corrected chi connectivity index (χ1v) is 15.0. The van der Waals surface area contributed by atoms with Crippen molar-refractivity contribution in [3.05, 3.63) is 126 Å². The van der Waals surface area contributed by atoms with Gasteiger partial charge in [-0.2, -0.15) is 0 Å². The van der Waals surface area contributed by atoms with E-state index in [1.165, 1.54) is 36.9 Å². The van der Waals surface area contributed by atoms with Crippen molar-refractivity contribution < 1.29 is 23.4 Å².